The van der Waals surface area contributed by atoms with Crippen LogP contribution in [0.3, 0.4) is 0 Å². The van der Waals surface area contributed by atoms with Crippen molar-refractivity contribution in [3.63, 3.8) is 0 Å². The molecule has 0 unspecified atom stereocenters. The highest BCUT2D eigenvalue weighted by Gasteiger charge is 2.17. The first-order valence-corrected chi connectivity index (χ1v) is 5.50. The first-order valence-electron chi connectivity index (χ1n) is 5.50. The number of fused-ring (bicyclic) bond motifs is 1. The number of aromatic nitrogens is 2. The second kappa shape index (κ2) is 5.23. The van der Waals surface area contributed by atoms with Gasteiger partial charge in [-0.1, -0.05) is 0 Å². The van der Waals surface area contributed by atoms with Crippen LogP contribution in [0.25, 0.3) is 0 Å². The van der Waals surface area contributed by atoms with Gasteiger partial charge < -0.3 is 14.8 Å². The van der Waals surface area contributed by atoms with Crippen LogP contribution in [0.2, 0.25) is 0 Å². The van der Waals surface area contributed by atoms with Gasteiger partial charge in [-0.25, -0.2) is 4.98 Å². The van der Waals surface area contributed by atoms with Crippen LogP contribution < -0.4 is 10.1 Å². The summed E-state index contributed by atoms with van der Waals surface area (Å²) >= 11 is 0. The Bertz CT molecular complexity index is 368. The molecule has 88 valence electrons. The minimum atomic E-state index is 0.657. The zero-order valence-corrected chi connectivity index (χ0v) is 9.75. The van der Waals surface area contributed by atoms with Gasteiger partial charge in [0.15, 0.2) is 0 Å². The molecule has 0 aromatic carbocycles. The predicted octanol–water partition coefficient (Wildman–Crippen LogP) is 0.320. The van der Waals surface area contributed by atoms with Gasteiger partial charge in [0.05, 0.1) is 32.6 Å². The first-order chi connectivity index (χ1) is 7.85. The number of ether oxygens (including phenoxy) is 2. The third-order valence-corrected chi connectivity index (χ3v) is 2.61. The largest absolute Gasteiger partial charge is 0.481 e. The maximum absolute atomic E-state index is 5.44. The van der Waals surface area contributed by atoms with Gasteiger partial charge in [-0.3, -0.25) is 0 Å². The zero-order valence-electron chi connectivity index (χ0n) is 9.75. The summed E-state index contributed by atoms with van der Waals surface area (Å²) in [6.45, 7) is 2.11. The molecule has 2 rings (SSSR count). The predicted molar refractivity (Wildman–Crippen MR) is 59.6 cm³/mol. The fraction of sp³-hybridized carbons (Fsp3) is 0.636. The minimum absolute atomic E-state index is 0.657. The summed E-state index contributed by atoms with van der Waals surface area (Å²) in [5.41, 5.74) is 2.16. The van der Waals surface area contributed by atoms with E-state index < -0.39 is 0 Å². The standard InChI is InChI=1S/C11H17N3O2/c1-12-7-10-13-9-4-6-16-5-3-8(9)11(14-10)15-2/h12H,3-7H2,1-2H3. The van der Waals surface area contributed by atoms with Gasteiger partial charge in [-0.2, -0.15) is 4.98 Å². The number of hydrogen-bond donors (Lipinski definition) is 1. The molecule has 1 aromatic rings. The van der Waals surface area contributed by atoms with Crippen molar-refractivity contribution < 1.29 is 9.47 Å². The van der Waals surface area contributed by atoms with E-state index in [4.69, 9.17) is 9.47 Å². The first kappa shape index (κ1) is 11.3. The van der Waals surface area contributed by atoms with Crippen LogP contribution in [0.1, 0.15) is 17.1 Å². The van der Waals surface area contributed by atoms with Crippen molar-refractivity contribution in [2.45, 2.75) is 19.4 Å². The number of nitrogens with zero attached hydrogens (tertiary/aromatic N) is 2. The van der Waals surface area contributed by atoms with E-state index in [9.17, 15) is 0 Å². The van der Waals surface area contributed by atoms with E-state index in [1.165, 1.54) is 0 Å². The lowest BCUT2D eigenvalue weighted by molar-refractivity contribution is 0.146. The fourth-order valence-electron chi connectivity index (χ4n) is 1.87. The maximum Gasteiger partial charge on any atom is 0.220 e. The molecule has 2 heterocycles. The summed E-state index contributed by atoms with van der Waals surface area (Å²) in [6.07, 6.45) is 1.67. The topological polar surface area (TPSA) is 56.3 Å². The lowest BCUT2D eigenvalue weighted by Crippen LogP contribution is -2.13. The molecule has 0 aliphatic carbocycles. The van der Waals surface area contributed by atoms with E-state index in [1.807, 2.05) is 7.05 Å². The minimum Gasteiger partial charge on any atom is -0.481 e. The Morgan fingerprint density at radius 1 is 1.31 bits per heavy atom. The van der Waals surface area contributed by atoms with E-state index in [2.05, 4.69) is 15.3 Å². The molecule has 0 bridgehead atoms. The van der Waals surface area contributed by atoms with Crippen molar-refractivity contribution >= 4 is 0 Å². The number of methoxy groups -OCH3 is 1. The van der Waals surface area contributed by atoms with Crippen LogP contribution in [-0.4, -0.2) is 37.3 Å². The Kier molecular flexibility index (Phi) is 3.69. The summed E-state index contributed by atoms with van der Waals surface area (Å²) in [4.78, 5) is 8.92. The van der Waals surface area contributed by atoms with Crippen LogP contribution in [0.15, 0.2) is 0 Å². The fourth-order valence-corrected chi connectivity index (χ4v) is 1.87. The highest BCUT2D eigenvalue weighted by Crippen LogP contribution is 2.22. The van der Waals surface area contributed by atoms with Gasteiger partial charge in [0.1, 0.15) is 5.82 Å². The van der Waals surface area contributed by atoms with E-state index in [-0.39, 0.29) is 0 Å². The molecular formula is C11H17N3O2. The van der Waals surface area contributed by atoms with Crippen LogP contribution in [0, 0.1) is 0 Å². The molecule has 1 N–H and O–H groups in total. The molecule has 1 aliphatic heterocycles. The Labute approximate surface area is 95.2 Å². The highest BCUT2D eigenvalue weighted by molar-refractivity contribution is 5.32. The lowest BCUT2D eigenvalue weighted by atomic mass is 10.1. The molecular weight excluding hydrogens is 206 g/mol. The van der Waals surface area contributed by atoms with Crippen LogP contribution in [0.5, 0.6) is 5.88 Å². The Morgan fingerprint density at radius 3 is 2.88 bits per heavy atom. The number of hydrogen-bond acceptors (Lipinski definition) is 5. The number of rotatable bonds is 3. The van der Waals surface area contributed by atoms with E-state index in [0.29, 0.717) is 12.4 Å². The quantitative estimate of drug-likeness (QED) is 0.799. The highest BCUT2D eigenvalue weighted by atomic mass is 16.5. The average Bonchev–Trinajstić information content (AvgIpc) is 2.53. The molecule has 0 amide bonds. The molecule has 0 radical (unpaired) electrons. The Morgan fingerprint density at radius 2 is 2.12 bits per heavy atom. The van der Waals surface area contributed by atoms with Crippen molar-refractivity contribution in [1.82, 2.24) is 15.3 Å². The molecule has 0 fully saturated rings. The van der Waals surface area contributed by atoms with Crippen molar-refractivity contribution in [1.29, 1.82) is 0 Å². The second-order valence-electron chi connectivity index (χ2n) is 3.72. The molecule has 0 saturated carbocycles. The molecule has 16 heavy (non-hydrogen) atoms. The van der Waals surface area contributed by atoms with Crippen LogP contribution in [0.4, 0.5) is 0 Å². The van der Waals surface area contributed by atoms with Crippen molar-refractivity contribution in [2.24, 2.45) is 0 Å². The van der Waals surface area contributed by atoms with Gasteiger partial charge in [-0.05, 0) is 7.05 Å². The molecule has 0 atom stereocenters. The van der Waals surface area contributed by atoms with Gasteiger partial charge in [0.2, 0.25) is 5.88 Å². The second-order valence-corrected chi connectivity index (χ2v) is 3.72. The maximum atomic E-state index is 5.44. The Hall–Kier alpha value is -1.20. The van der Waals surface area contributed by atoms with Crippen molar-refractivity contribution in [3.8, 4) is 5.88 Å². The summed E-state index contributed by atoms with van der Waals surface area (Å²) in [5.74, 6) is 1.47. The van der Waals surface area contributed by atoms with Gasteiger partial charge in [0, 0.05) is 18.4 Å². The third-order valence-electron chi connectivity index (χ3n) is 2.61. The monoisotopic (exact) mass is 223 g/mol. The molecule has 1 aromatic heterocycles. The summed E-state index contributed by atoms with van der Waals surface area (Å²) < 4.78 is 10.8. The smallest absolute Gasteiger partial charge is 0.220 e. The number of nitrogens with one attached hydrogen (secondary N) is 1. The lowest BCUT2D eigenvalue weighted by Gasteiger charge is -2.11. The van der Waals surface area contributed by atoms with Gasteiger partial charge in [-0.15, -0.1) is 0 Å². The van der Waals surface area contributed by atoms with Crippen LogP contribution >= 0.6 is 0 Å². The van der Waals surface area contributed by atoms with E-state index in [1.54, 1.807) is 7.11 Å². The van der Waals surface area contributed by atoms with Crippen molar-refractivity contribution in [3.05, 3.63) is 17.1 Å². The third kappa shape index (κ3) is 2.31. The molecule has 5 nitrogen and oxygen atoms in total. The summed E-state index contributed by atoms with van der Waals surface area (Å²) in [5, 5.41) is 3.05. The van der Waals surface area contributed by atoms with E-state index in [0.717, 1.165) is 43.1 Å². The normalized spacial score (nSPS) is 15.4. The summed E-state index contributed by atoms with van der Waals surface area (Å²) in [6, 6.07) is 0. The molecule has 0 spiro atoms. The molecule has 5 heteroatoms. The Balaban J connectivity index is 2.38. The van der Waals surface area contributed by atoms with Gasteiger partial charge >= 0.3 is 0 Å². The van der Waals surface area contributed by atoms with E-state index >= 15 is 0 Å². The van der Waals surface area contributed by atoms with Crippen molar-refractivity contribution in [2.75, 3.05) is 27.4 Å². The van der Waals surface area contributed by atoms with Crippen LogP contribution in [-0.2, 0) is 24.1 Å². The zero-order chi connectivity index (χ0) is 11.4. The van der Waals surface area contributed by atoms with Gasteiger partial charge in [0.25, 0.3) is 0 Å². The SMILES string of the molecule is CNCc1nc2c(c(OC)n1)CCOCC2. The summed E-state index contributed by atoms with van der Waals surface area (Å²) in [7, 11) is 3.53. The average molecular weight is 223 g/mol. The molecule has 1 aliphatic rings. The molecule has 0 saturated heterocycles.